The molecule has 0 spiro atoms. The highest BCUT2D eigenvalue weighted by atomic mass is 16.2. The molecule has 1 aromatic heterocycles. The molecule has 1 heterocycles. The monoisotopic (exact) mass is 410 g/mol. The van der Waals surface area contributed by atoms with E-state index in [2.05, 4.69) is 15.6 Å². The molecule has 4 rings (SSSR count). The smallest absolute Gasteiger partial charge is 0.238 e. The van der Waals surface area contributed by atoms with Gasteiger partial charge in [-0.15, -0.1) is 0 Å². The molecule has 0 aliphatic carbocycles. The lowest BCUT2D eigenvalue weighted by Crippen LogP contribution is -2.36. The molecule has 3 aromatic carbocycles. The first-order valence-corrected chi connectivity index (χ1v) is 9.97. The first-order chi connectivity index (χ1) is 15.2. The maximum Gasteiger partial charge on any atom is 0.238 e. The van der Waals surface area contributed by atoms with Gasteiger partial charge in [0.1, 0.15) is 5.92 Å². The molecule has 0 aliphatic rings. The average molecular weight is 410 g/mol. The van der Waals surface area contributed by atoms with Gasteiger partial charge in [-0.2, -0.15) is 0 Å². The van der Waals surface area contributed by atoms with E-state index in [0.717, 1.165) is 11.1 Å². The molecule has 0 unspecified atom stereocenters. The van der Waals surface area contributed by atoms with Crippen molar-refractivity contribution in [2.75, 3.05) is 10.6 Å². The molecule has 1 atom stereocenters. The molecule has 6 heteroatoms. The molecule has 2 amide bonds. The van der Waals surface area contributed by atoms with E-state index in [9.17, 15) is 9.59 Å². The van der Waals surface area contributed by atoms with E-state index in [4.69, 9.17) is 0 Å². The SMILES string of the molecule is O=C(Nc1ccccc1)[C@H](Cn1ccnc1)C(=O)Nc1ccccc1-c1ccccc1. The molecule has 4 aromatic rings. The van der Waals surface area contributed by atoms with Crippen molar-refractivity contribution in [2.24, 2.45) is 5.92 Å². The Morgan fingerprint density at radius 1 is 0.806 bits per heavy atom. The van der Waals surface area contributed by atoms with Crippen molar-refractivity contribution >= 4 is 23.2 Å². The second-order valence-electron chi connectivity index (χ2n) is 7.07. The topological polar surface area (TPSA) is 76.0 Å². The number of imidazole rings is 1. The van der Waals surface area contributed by atoms with Crippen molar-refractivity contribution < 1.29 is 9.59 Å². The Morgan fingerprint density at radius 2 is 1.45 bits per heavy atom. The molecular weight excluding hydrogens is 388 g/mol. The fraction of sp³-hybridized carbons (Fsp3) is 0.0800. The summed E-state index contributed by atoms with van der Waals surface area (Å²) in [5.41, 5.74) is 3.17. The van der Waals surface area contributed by atoms with Crippen LogP contribution < -0.4 is 10.6 Å². The Hall–Kier alpha value is -4.19. The highest BCUT2D eigenvalue weighted by molar-refractivity contribution is 6.11. The molecule has 154 valence electrons. The highest BCUT2D eigenvalue weighted by Gasteiger charge is 2.28. The van der Waals surface area contributed by atoms with Crippen LogP contribution >= 0.6 is 0 Å². The van der Waals surface area contributed by atoms with Gasteiger partial charge in [0.15, 0.2) is 0 Å². The largest absolute Gasteiger partial charge is 0.336 e. The summed E-state index contributed by atoms with van der Waals surface area (Å²) in [5, 5.41) is 5.79. The molecular formula is C25H22N4O2. The van der Waals surface area contributed by atoms with Crippen LogP contribution in [-0.4, -0.2) is 21.4 Å². The van der Waals surface area contributed by atoms with Gasteiger partial charge in [-0.1, -0.05) is 66.7 Å². The average Bonchev–Trinajstić information content (AvgIpc) is 3.32. The summed E-state index contributed by atoms with van der Waals surface area (Å²) in [6.45, 7) is 0.179. The molecule has 0 aliphatic heterocycles. The van der Waals surface area contributed by atoms with Crippen LogP contribution in [0.1, 0.15) is 0 Å². The van der Waals surface area contributed by atoms with Crippen molar-refractivity contribution in [1.82, 2.24) is 9.55 Å². The second kappa shape index (κ2) is 9.54. The van der Waals surface area contributed by atoms with Gasteiger partial charge >= 0.3 is 0 Å². The van der Waals surface area contributed by atoms with Gasteiger partial charge in [-0.25, -0.2) is 4.98 Å². The minimum Gasteiger partial charge on any atom is -0.336 e. The van der Waals surface area contributed by atoms with Crippen LogP contribution in [0.15, 0.2) is 104 Å². The fourth-order valence-electron chi connectivity index (χ4n) is 3.32. The summed E-state index contributed by atoms with van der Waals surface area (Å²) < 4.78 is 1.72. The highest BCUT2D eigenvalue weighted by Crippen LogP contribution is 2.28. The Balaban J connectivity index is 1.59. The van der Waals surface area contributed by atoms with E-state index < -0.39 is 5.92 Å². The van der Waals surface area contributed by atoms with Crippen molar-refractivity contribution in [3.63, 3.8) is 0 Å². The zero-order valence-electron chi connectivity index (χ0n) is 16.8. The summed E-state index contributed by atoms with van der Waals surface area (Å²) >= 11 is 0. The normalized spacial score (nSPS) is 11.5. The summed E-state index contributed by atoms with van der Waals surface area (Å²) in [6, 6.07) is 26.5. The molecule has 31 heavy (non-hydrogen) atoms. The lowest BCUT2D eigenvalue weighted by molar-refractivity contribution is -0.129. The Kier molecular flexibility index (Phi) is 6.18. The number of carbonyl (C=O) groups is 2. The van der Waals surface area contributed by atoms with Gasteiger partial charge in [0.2, 0.25) is 11.8 Å². The Morgan fingerprint density at radius 3 is 2.16 bits per heavy atom. The van der Waals surface area contributed by atoms with Gasteiger partial charge in [-0.3, -0.25) is 9.59 Å². The van der Waals surface area contributed by atoms with Gasteiger partial charge in [0.25, 0.3) is 0 Å². The lowest BCUT2D eigenvalue weighted by Gasteiger charge is -2.19. The van der Waals surface area contributed by atoms with E-state index in [1.165, 1.54) is 0 Å². The van der Waals surface area contributed by atoms with Crippen LogP contribution in [0, 0.1) is 5.92 Å². The number of aromatic nitrogens is 2. The number of anilines is 2. The molecule has 0 saturated carbocycles. The van der Waals surface area contributed by atoms with Crippen molar-refractivity contribution in [3.05, 3.63) is 104 Å². The predicted molar refractivity (Wildman–Crippen MR) is 121 cm³/mol. The van der Waals surface area contributed by atoms with E-state index in [-0.39, 0.29) is 18.4 Å². The number of hydrogen-bond donors (Lipinski definition) is 2. The van der Waals surface area contributed by atoms with Crippen LogP contribution in [0.4, 0.5) is 11.4 Å². The fourth-order valence-corrected chi connectivity index (χ4v) is 3.32. The van der Waals surface area contributed by atoms with Crippen LogP contribution in [0.3, 0.4) is 0 Å². The Labute approximate surface area is 180 Å². The van der Waals surface area contributed by atoms with Crippen LogP contribution in [-0.2, 0) is 16.1 Å². The number of carbonyl (C=O) groups excluding carboxylic acids is 2. The zero-order chi connectivity index (χ0) is 21.5. The van der Waals surface area contributed by atoms with E-state index in [0.29, 0.717) is 11.4 Å². The summed E-state index contributed by atoms with van der Waals surface area (Å²) in [7, 11) is 0. The molecule has 2 N–H and O–H groups in total. The molecule has 0 saturated heterocycles. The lowest BCUT2D eigenvalue weighted by atomic mass is 10.0. The van der Waals surface area contributed by atoms with E-state index in [1.54, 1.807) is 35.4 Å². The minimum atomic E-state index is -0.946. The number of nitrogens with zero attached hydrogens (tertiary/aromatic N) is 2. The maximum absolute atomic E-state index is 13.2. The zero-order valence-corrected chi connectivity index (χ0v) is 16.8. The van der Waals surface area contributed by atoms with Gasteiger partial charge in [-0.05, 0) is 23.8 Å². The third-order valence-electron chi connectivity index (χ3n) is 4.90. The molecule has 0 fully saturated rings. The van der Waals surface area contributed by atoms with E-state index in [1.807, 2.05) is 72.8 Å². The van der Waals surface area contributed by atoms with Crippen molar-refractivity contribution in [1.29, 1.82) is 0 Å². The molecule has 0 radical (unpaired) electrons. The first-order valence-electron chi connectivity index (χ1n) is 9.97. The van der Waals surface area contributed by atoms with Crippen LogP contribution in [0.2, 0.25) is 0 Å². The number of benzene rings is 3. The number of rotatable bonds is 7. The van der Waals surface area contributed by atoms with Gasteiger partial charge in [0, 0.05) is 35.9 Å². The van der Waals surface area contributed by atoms with Crippen LogP contribution in [0.25, 0.3) is 11.1 Å². The standard InChI is InChI=1S/C25H22N4O2/c30-24(27-20-11-5-2-6-12-20)22(17-29-16-15-26-18-29)25(31)28-23-14-8-7-13-21(23)19-9-3-1-4-10-19/h1-16,18,22H,17H2,(H,27,30)(H,28,31)/t22-/m0/s1. The number of para-hydroxylation sites is 2. The molecule has 6 nitrogen and oxygen atoms in total. The third kappa shape index (κ3) is 5.05. The summed E-state index contributed by atoms with van der Waals surface area (Å²) in [6.07, 6.45) is 4.94. The van der Waals surface area contributed by atoms with Crippen molar-refractivity contribution in [2.45, 2.75) is 6.54 Å². The number of hydrogen-bond acceptors (Lipinski definition) is 3. The maximum atomic E-state index is 13.2. The van der Waals surface area contributed by atoms with E-state index >= 15 is 0 Å². The molecule has 0 bridgehead atoms. The summed E-state index contributed by atoms with van der Waals surface area (Å²) in [5.74, 6) is -1.71. The van der Waals surface area contributed by atoms with Gasteiger partial charge < -0.3 is 15.2 Å². The van der Waals surface area contributed by atoms with Crippen LogP contribution in [0.5, 0.6) is 0 Å². The number of amides is 2. The Bertz CT molecular complexity index is 1140. The minimum absolute atomic E-state index is 0.179. The summed E-state index contributed by atoms with van der Waals surface area (Å²) in [4.78, 5) is 30.3. The predicted octanol–water partition coefficient (Wildman–Crippen LogP) is 4.44. The van der Waals surface area contributed by atoms with Gasteiger partial charge in [0.05, 0.1) is 6.33 Å². The second-order valence-corrected chi connectivity index (χ2v) is 7.07. The van der Waals surface area contributed by atoms with Crippen molar-refractivity contribution in [3.8, 4) is 11.1 Å². The third-order valence-corrected chi connectivity index (χ3v) is 4.90. The number of nitrogens with one attached hydrogen (secondary N) is 2. The first kappa shape index (κ1) is 20.1. The quantitative estimate of drug-likeness (QED) is 0.442.